The molecule has 100 valence electrons. The van der Waals surface area contributed by atoms with E-state index in [0.29, 0.717) is 16.7 Å². The molecule has 0 radical (unpaired) electrons. The average molecular weight is 272 g/mol. The molecule has 1 aliphatic heterocycles. The maximum absolute atomic E-state index is 13.0. The van der Waals surface area contributed by atoms with Crippen molar-refractivity contribution in [3.05, 3.63) is 29.0 Å². The monoisotopic (exact) mass is 271 g/mol. The van der Waals surface area contributed by atoms with E-state index in [1.165, 1.54) is 12.1 Å². The number of benzene rings is 1. The van der Waals surface area contributed by atoms with Gasteiger partial charge < -0.3 is 10.1 Å². The summed E-state index contributed by atoms with van der Waals surface area (Å²) in [6.07, 6.45) is 3.36. The topological polar surface area (TPSA) is 21.3 Å². The minimum absolute atomic E-state index is 0.160. The molecule has 1 aromatic carbocycles. The molecule has 0 aromatic heterocycles. The molecule has 4 heteroatoms. The highest BCUT2D eigenvalue weighted by Gasteiger charge is 2.26. The minimum atomic E-state index is -0.332. The minimum Gasteiger partial charge on any atom is -0.489 e. The zero-order valence-electron chi connectivity index (χ0n) is 10.6. The summed E-state index contributed by atoms with van der Waals surface area (Å²) in [6, 6.07) is 4.30. The highest BCUT2D eigenvalue weighted by molar-refractivity contribution is 6.32. The standard InChI is InChI=1S/C14H19ClFNO/c1-2-3-13(10-6-7-17-9-10)18-14-5-4-11(16)8-12(14)15/h4-5,8,10,13,17H,2-3,6-7,9H2,1H3/t10-,13-/m0/s1. The largest absolute Gasteiger partial charge is 0.489 e. The van der Waals surface area contributed by atoms with Gasteiger partial charge in [0.1, 0.15) is 17.7 Å². The summed E-state index contributed by atoms with van der Waals surface area (Å²) in [5.74, 6) is 0.774. The molecule has 2 rings (SSSR count). The fraction of sp³-hybridized carbons (Fsp3) is 0.571. The van der Waals surface area contributed by atoms with E-state index in [4.69, 9.17) is 16.3 Å². The van der Waals surface area contributed by atoms with E-state index in [-0.39, 0.29) is 11.9 Å². The highest BCUT2D eigenvalue weighted by atomic mass is 35.5. The van der Waals surface area contributed by atoms with Crippen LogP contribution in [0.2, 0.25) is 5.02 Å². The van der Waals surface area contributed by atoms with Crippen molar-refractivity contribution in [3.63, 3.8) is 0 Å². The van der Waals surface area contributed by atoms with Gasteiger partial charge in [-0.25, -0.2) is 4.39 Å². The van der Waals surface area contributed by atoms with Crippen molar-refractivity contribution in [2.24, 2.45) is 5.92 Å². The molecule has 2 nitrogen and oxygen atoms in total. The number of rotatable bonds is 5. The van der Waals surface area contributed by atoms with Crippen molar-refractivity contribution in [3.8, 4) is 5.75 Å². The number of nitrogens with one attached hydrogen (secondary N) is 1. The Morgan fingerprint density at radius 1 is 1.56 bits per heavy atom. The Hall–Kier alpha value is -0.800. The van der Waals surface area contributed by atoms with Crippen LogP contribution in [-0.2, 0) is 0 Å². The second-order valence-corrected chi connectivity index (χ2v) is 5.18. The molecule has 1 N–H and O–H groups in total. The van der Waals surface area contributed by atoms with E-state index in [9.17, 15) is 4.39 Å². The van der Waals surface area contributed by atoms with Crippen LogP contribution in [0.5, 0.6) is 5.75 Å². The van der Waals surface area contributed by atoms with Gasteiger partial charge in [0.05, 0.1) is 5.02 Å². The van der Waals surface area contributed by atoms with Gasteiger partial charge in [0, 0.05) is 12.5 Å². The first-order chi connectivity index (χ1) is 8.70. The Balaban J connectivity index is 2.07. The first-order valence-corrected chi connectivity index (χ1v) is 6.91. The molecule has 0 spiro atoms. The van der Waals surface area contributed by atoms with E-state index in [2.05, 4.69) is 12.2 Å². The lowest BCUT2D eigenvalue weighted by atomic mass is 9.97. The molecule has 0 aliphatic carbocycles. The van der Waals surface area contributed by atoms with Crippen LogP contribution in [0.4, 0.5) is 4.39 Å². The normalized spacial score (nSPS) is 20.9. The quantitative estimate of drug-likeness (QED) is 0.883. The van der Waals surface area contributed by atoms with Gasteiger partial charge in [-0.05, 0) is 37.6 Å². The SMILES string of the molecule is CCC[C@H](Oc1ccc(F)cc1Cl)[C@H]1CCNC1. The van der Waals surface area contributed by atoms with E-state index in [1.807, 2.05) is 0 Å². The fourth-order valence-corrected chi connectivity index (χ4v) is 2.62. The van der Waals surface area contributed by atoms with Crippen molar-refractivity contribution in [2.75, 3.05) is 13.1 Å². The lowest BCUT2D eigenvalue weighted by Gasteiger charge is -2.24. The second-order valence-electron chi connectivity index (χ2n) is 4.77. The molecule has 0 amide bonds. The Kier molecular flexibility index (Phi) is 4.84. The Morgan fingerprint density at radius 3 is 3.00 bits per heavy atom. The number of hydrogen-bond acceptors (Lipinski definition) is 2. The molecule has 0 saturated carbocycles. The van der Waals surface area contributed by atoms with Crippen LogP contribution in [0.25, 0.3) is 0 Å². The average Bonchev–Trinajstić information content (AvgIpc) is 2.85. The lowest BCUT2D eigenvalue weighted by molar-refractivity contribution is 0.132. The maximum Gasteiger partial charge on any atom is 0.138 e. The first kappa shape index (κ1) is 13.6. The predicted molar refractivity (Wildman–Crippen MR) is 71.7 cm³/mol. The van der Waals surface area contributed by atoms with Gasteiger partial charge in [-0.3, -0.25) is 0 Å². The third-order valence-corrected chi connectivity index (χ3v) is 3.67. The predicted octanol–water partition coefficient (Wildman–Crippen LogP) is 3.64. The van der Waals surface area contributed by atoms with Crippen LogP contribution in [0.1, 0.15) is 26.2 Å². The smallest absolute Gasteiger partial charge is 0.138 e. The zero-order chi connectivity index (χ0) is 13.0. The van der Waals surface area contributed by atoms with Crippen molar-refractivity contribution in [1.29, 1.82) is 0 Å². The third-order valence-electron chi connectivity index (χ3n) is 3.37. The van der Waals surface area contributed by atoms with Crippen LogP contribution in [0.3, 0.4) is 0 Å². The molecule has 2 atom stereocenters. The fourth-order valence-electron chi connectivity index (χ4n) is 2.40. The molecule has 1 heterocycles. The number of halogens is 2. The van der Waals surface area contributed by atoms with Crippen molar-refractivity contribution in [2.45, 2.75) is 32.3 Å². The van der Waals surface area contributed by atoms with E-state index < -0.39 is 0 Å². The van der Waals surface area contributed by atoms with Crippen LogP contribution in [0, 0.1) is 11.7 Å². The summed E-state index contributed by atoms with van der Waals surface area (Å²) in [7, 11) is 0. The molecule has 0 unspecified atom stereocenters. The van der Waals surface area contributed by atoms with E-state index >= 15 is 0 Å². The molecule has 1 aromatic rings. The molecule has 18 heavy (non-hydrogen) atoms. The number of ether oxygens (including phenoxy) is 1. The summed E-state index contributed by atoms with van der Waals surface area (Å²) >= 11 is 6.00. The summed E-state index contributed by atoms with van der Waals surface area (Å²) in [4.78, 5) is 0. The Morgan fingerprint density at radius 2 is 2.39 bits per heavy atom. The van der Waals surface area contributed by atoms with Crippen molar-refractivity contribution >= 4 is 11.6 Å². The van der Waals surface area contributed by atoms with Crippen LogP contribution < -0.4 is 10.1 Å². The molecular formula is C14H19ClFNO. The Labute approximate surface area is 112 Å². The van der Waals surface area contributed by atoms with Crippen molar-refractivity contribution < 1.29 is 9.13 Å². The summed E-state index contributed by atoms with van der Waals surface area (Å²) in [5, 5.41) is 3.70. The molecule has 1 aliphatic rings. The van der Waals surface area contributed by atoms with Crippen molar-refractivity contribution in [1.82, 2.24) is 5.32 Å². The van der Waals surface area contributed by atoms with Gasteiger partial charge in [-0.1, -0.05) is 24.9 Å². The molecular weight excluding hydrogens is 253 g/mol. The zero-order valence-corrected chi connectivity index (χ0v) is 11.3. The van der Waals surface area contributed by atoms with Gasteiger partial charge in [-0.15, -0.1) is 0 Å². The van der Waals surface area contributed by atoms with E-state index in [0.717, 1.165) is 32.4 Å². The van der Waals surface area contributed by atoms with Gasteiger partial charge in [0.15, 0.2) is 0 Å². The van der Waals surface area contributed by atoms with Gasteiger partial charge in [0.25, 0.3) is 0 Å². The summed E-state index contributed by atoms with van der Waals surface area (Å²) in [6.45, 7) is 4.18. The van der Waals surface area contributed by atoms with Gasteiger partial charge in [-0.2, -0.15) is 0 Å². The summed E-state index contributed by atoms with van der Waals surface area (Å²) in [5.41, 5.74) is 0. The first-order valence-electron chi connectivity index (χ1n) is 6.53. The highest BCUT2D eigenvalue weighted by Crippen LogP contribution is 2.29. The molecule has 1 saturated heterocycles. The van der Waals surface area contributed by atoms with Crippen LogP contribution in [-0.4, -0.2) is 19.2 Å². The lowest BCUT2D eigenvalue weighted by Crippen LogP contribution is -2.28. The maximum atomic E-state index is 13.0. The molecule has 0 bridgehead atoms. The van der Waals surface area contributed by atoms with Crippen LogP contribution >= 0.6 is 11.6 Å². The summed E-state index contributed by atoms with van der Waals surface area (Å²) < 4.78 is 19.0. The molecule has 1 fully saturated rings. The van der Waals surface area contributed by atoms with E-state index in [1.54, 1.807) is 6.07 Å². The van der Waals surface area contributed by atoms with Gasteiger partial charge >= 0.3 is 0 Å². The number of hydrogen-bond donors (Lipinski definition) is 1. The second kappa shape index (κ2) is 6.39. The third kappa shape index (κ3) is 3.36. The Bertz CT molecular complexity index is 393. The van der Waals surface area contributed by atoms with Gasteiger partial charge in [0.2, 0.25) is 0 Å². The van der Waals surface area contributed by atoms with Crippen LogP contribution in [0.15, 0.2) is 18.2 Å².